The van der Waals surface area contributed by atoms with E-state index in [2.05, 4.69) is 440 Å². The molecule has 6 aliphatic rings. The van der Waals surface area contributed by atoms with E-state index in [0.717, 1.165) is 112 Å². The van der Waals surface area contributed by atoms with E-state index in [0.29, 0.717) is 23.3 Å². The molecule has 684 valence electrons. The van der Waals surface area contributed by atoms with Crippen LogP contribution in [0.4, 0.5) is 0 Å². The van der Waals surface area contributed by atoms with Crippen molar-refractivity contribution in [3.05, 3.63) is 546 Å². The van der Waals surface area contributed by atoms with Gasteiger partial charge in [0.1, 0.15) is 0 Å². The number of hydrogen-bond acceptors (Lipinski definition) is 9. The fourth-order valence-corrected chi connectivity index (χ4v) is 25.0. The van der Waals surface area contributed by atoms with Crippen molar-refractivity contribution < 1.29 is 0 Å². The number of rotatable bonds is 10. The number of aromatic nitrogens is 9. The molecule has 0 atom stereocenters. The standard InChI is InChI=1S/C54H33N5.C45H28N2.C38H30N2/c1-3-17-34(18-4-1)50-57-51(35-19-5-2-6-20-35)59-52(58-50)37-22-15-21-36(33-37)49-41-26-10-14-32-47(41)55-53(56-49)42-27-16-31-46-48(42)40-25-9-13-30-45(40)54(46)43-28-11-7-23-38(43)39-24-8-12-29-44(39)54;1-2-13-29(14-3-1)30-25-27-31(28-26-30)43-36-18-7-11-24-41(36)46-44(47-43)37-20-12-19-35-34-17-6-10-23-40(34)45(42(35)37)38-21-8-4-15-32(38)33-16-5-9-22-39(33)45;1-37(2)30-17-8-5-12-24(30)26-21-20-23(22-32(26)37)35-28-14-7-10-19-33(28)39-36(40-35)29-16-11-15-27-25-13-6-9-18-31(25)38(3,4)34(27)29/h1-33H;1-28H;5-22H,1-4H3. The first-order valence-corrected chi connectivity index (χ1v) is 50.2. The van der Waals surface area contributed by atoms with E-state index in [1.54, 1.807) is 0 Å². The fraction of sp³-hybridized carbons (Fsp3) is 0.0584. The second-order valence-electron chi connectivity index (χ2n) is 39.9. The summed E-state index contributed by atoms with van der Waals surface area (Å²) < 4.78 is 0. The molecule has 4 heterocycles. The number of benzene rings is 20. The van der Waals surface area contributed by atoms with Crippen LogP contribution >= 0.6 is 0 Å². The highest BCUT2D eigenvalue weighted by Crippen LogP contribution is 2.67. The van der Waals surface area contributed by atoms with Gasteiger partial charge >= 0.3 is 0 Å². The Hall–Kier alpha value is -18.6. The van der Waals surface area contributed by atoms with Gasteiger partial charge in [-0.25, -0.2) is 44.9 Å². The largest absolute Gasteiger partial charge is 0.228 e. The minimum absolute atomic E-state index is 0.0658. The molecule has 0 fully saturated rings. The lowest BCUT2D eigenvalue weighted by molar-refractivity contribution is 0.660. The van der Waals surface area contributed by atoms with Gasteiger partial charge in [-0.15, -0.1) is 0 Å². The average Bonchev–Trinajstić information content (AvgIpc) is 1.51. The van der Waals surface area contributed by atoms with E-state index in [1.807, 2.05) is 66.7 Å². The third kappa shape index (κ3) is 13.1. The predicted octanol–water partition coefficient (Wildman–Crippen LogP) is 33.0. The molecule has 0 unspecified atom stereocenters. The van der Waals surface area contributed by atoms with E-state index < -0.39 is 10.8 Å². The van der Waals surface area contributed by atoms with Crippen LogP contribution < -0.4 is 0 Å². The Morgan fingerprint density at radius 1 is 0.144 bits per heavy atom. The van der Waals surface area contributed by atoms with Crippen LogP contribution in [0.15, 0.2) is 479 Å². The number of para-hydroxylation sites is 3. The summed E-state index contributed by atoms with van der Waals surface area (Å²) in [7, 11) is 0. The van der Waals surface area contributed by atoms with Crippen LogP contribution in [0.5, 0.6) is 0 Å². The van der Waals surface area contributed by atoms with Crippen molar-refractivity contribution in [3.8, 4) is 180 Å². The van der Waals surface area contributed by atoms with E-state index in [1.165, 1.54) is 145 Å². The van der Waals surface area contributed by atoms with Crippen molar-refractivity contribution in [2.75, 3.05) is 0 Å². The van der Waals surface area contributed by atoms with Crippen LogP contribution in [-0.2, 0) is 21.7 Å². The summed E-state index contributed by atoms with van der Waals surface area (Å²) in [4.78, 5) is 47.0. The third-order valence-electron chi connectivity index (χ3n) is 31.4. The van der Waals surface area contributed by atoms with Gasteiger partial charge in [0.2, 0.25) is 0 Å². The van der Waals surface area contributed by atoms with Gasteiger partial charge in [-0.1, -0.05) is 477 Å². The minimum Gasteiger partial charge on any atom is -0.228 e. The zero-order chi connectivity index (χ0) is 97.1. The van der Waals surface area contributed by atoms with Gasteiger partial charge in [0.15, 0.2) is 34.9 Å². The summed E-state index contributed by atoms with van der Waals surface area (Å²) in [6, 6.07) is 171. The lowest BCUT2D eigenvalue weighted by Crippen LogP contribution is -2.26. The highest BCUT2D eigenvalue weighted by molar-refractivity contribution is 6.05. The molecule has 9 heteroatoms. The lowest BCUT2D eigenvalue weighted by Gasteiger charge is -2.32. The normalized spacial score (nSPS) is 13.7. The molecule has 0 amide bonds. The highest BCUT2D eigenvalue weighted by atomic mass is 15.0. The van der Waals surface area contributed by atoms with Gasteiger partial charge in [-0.2, -0.15) is 0 Å². The molecule has 146 heavy (non-hydrogen) atoms. The van der Waals surface area contributed by atoms with E-state index in [4.69, 9.17) is 44.9 Å². The van der Waals surface area contributed by atoms with Crippen LogP contribution in [0.1, 0.15) is 94.5 Å². The second kappa shape index (κ2) is 33.6. The van der Waals surface area contributed by atoms with Gasteiger partial charge in [0.05, 0.1) is 44.5 Å². The SMILES string of the molecule is CC1(C)c2ccccc2-c2ccc(-c3nc(-c4cccc5c4C(C)(C)c4ccccc4-5)nc4ccccc34)cc21.c1ccc(-c2ccc(-c3nc(-c4cccc5c4C4(c6ccccc6-c6ccccc64)c4ccccc4-5)nc4ccccc34)cc2)cc1.c1ccc(-c2nc(-c3ccccc3)nc(-c3cccc(-c4nc(-c5cccc6c5-c5ccccc5C65c6ccccc6-c6ccccc65)nc5ccccc45)c3)n2)cc1. The summed E-state index contributed by atoms with van der Waals surface area (Å²) in [6.45, 7) is 9.31. The number of nitrogens with zero attached hydrogens (tertiary/aromatic N) is 9. The fourth-order valence-electron chi connectivity index (χ4n) is 25.0. The summed E-state index contributed by atoms with van der Waals surface area (Å²) in [5.41, 5.74) is 47.0. The smallest absolute Gasteiger partial charge is 0.164 e. The maximum absolute atomic E-state index is 5.50. The highest BCUT2D eigenvalue weighted by Gasteiger charge is 2.55. The number of fused-ring (bicyclic) bond motifs is 29. The van der Waals surface area contributed by atoms with E-state index in [-0.39, 0.29) is 10.8 Å². The Labute approximate surface area is 846 Å². The minimum atomic E-state index is -0.470. The molecule has 0 bridgehead atoms. The van der Waals surface area contributed by atoms with Gasteiger partial charge in [-0.05, 0) is 175 Å². The summed E-state index contributed by atoms with van der Waals surface area (Å²) in [6.07, 6.45) is 0. The average molecular weight is 1860 g/mol. The molecule has 0 aliphatic heterocycles. The molecule has 0 N–H and O–H groups in total. The Balaban J connectivity index is 0.000000108. The van der Waals surface area contributed by atoms with E-state index in [9.17, 15) is 0 Å². The molecular weight excluding hydrogens is 1770 g/mol. The zero-order valence-electron chi connectivity index (χ0n) is 80.6. The van der Waals surface area contributed by atoms with Crippen LogP contribution in [0.2, 0.25) is 0 Å². The lowest BCUT2D eigenvalue weighted by atomic mass is 9.69. The van der Waals surface area contributed by atoms with Crippen molar-refractivity contribution in [1.82, 2.24) is 44.9 Å². The van der Waals surface area contributed by atoms with Crippen molar-refractivity contribution >= 4 is 32.7 Å². The molecule has 6 aliphatic carbocycles. The molecule has 24 aromatic rings. The van der Waals surface area contributed by atoms with Crippen molar-refractivity contribution in [1.29, 1.82) is 0 Å². The first-order valence-electron chi connectivity index (χ1n) is 50.2. The number of hydrogen-bond donors (Lipinski definition) is 0. The Bertz CT molecular complexity index is 9350. The zero-order valence-corrected chi connectivity index (χ0v) is 80.6. The molecule has 0 saturated heterocycles. The molecule has 30 rings (SSSR count). The quantitative estimate of drug-likeness (QED) is 0.132. The molecule has 0 radical (unpaired) electrons. The van der Waals surface area contributed by atoms with Crippen LogP contribution in [0.25, 0.3) is 213 Å². The first kappa shape index (κ1) is 85.4. The Morgan fingerprint density at radius 3 is 0.918 bits per heavy atom. The first-order chi connectivity index (χ1) is 71.9. The monoisotopic (exact) mass is 1860 g/mol. The van der Waals surface area contributed by atoms with Crippen LogP contribution in [-0.4, -0.2) is 44.9 Å². The maximum atomic E-state index is 5.50. The predicted molar refractivity (Wildman–Crippen MR) is 594 cm³/mol. The Kier molecular flexibility index (Phi) is 19.6. The molecule has 20 aromatic carbocycles. The van der Waals surface area contributed by atoms with Crippen molar-refractivity contribution in [2.45, 2.75) is 49.4 Å². The van der Waals surface area contributed by atoms with E-state index >= 15 is 0 Å². The molecule has 4 aromatic heterocycles. The third-order valence-corrected chi connectivity index (χ3v) is 31.4. The van der Waals surface area contributed by atoms with Crippen molar-refractivity contribution in [2.24, 2.45) is 0 Å². The van der Waals surface area contributed by atoms with Crippen LogP contribution in [0.3, 0.4) is 0 Å². The molecule has 9 nitrogen and oxygen atoms in total. The topological polar surface area (TPSA) is 116 Å². The summed E-state index contributed by atoms with van der Waals surface area (Å²) in [5.74, 6) is 4.06. The van der Waals surface area contributed by atoms with Gasteiger partial charge in [0, 0.05) is 77.1 Å². The van der Waals surface area contributed by atoms with Gasteiger partial charge in [0.25, 0.3) is 0 Å². The second-order valence-corrected chi connectivity index (χ2v) is 39.9. The maximum Gasteiger partial charge on any atom is 0.164 e. The molecule has 2 spiro atoms. The van der Waals surface area contributed by atoms with Gasteiger partial charge < -0.3 is 0 Å². The summed E-state index contributed by atoms with van der Waals surface area (Å²) in [5, 5.41) is 3.10. The Morgan fingerprint density at radius 2 is 0.425 bits per heavy atom. The molecular formula is C137H91N9. The van der Waals surface area contributed by atoms with Gasteiger partial charge in [-0.3, -0.25) is 0 Å². The van der Waals surface area contributed by atoms with Crippen molar-refractivity contribution in [3.63, 3.8) is 0 Å². The summed E-state index contributed by atoms with van der Waals surface area (Å²) >= 11 is 0. The van der Waals surface area contributed by atoms with Crippen LogP contribution in [0, 0.1) is 0 Å². The molecule has 0 saturated carbocycles.